The number of aromatic nitrogens is 1. The highest BCUT2D eigenvalue weighted by Crippen LogP contribution is 2.22. The van der Waals surface area contributed by atoms with Gasteiger partial charge in [-0.3, -0.25) is 4.98 Å². The highest BCUT2D eigenvalue weighted by Gasteiger charge is 2.17. The third kappa shape index (κ3) is 4.03. The van der Waals surface area contributed by atoms with Gasteiger partial charge in [0.1, 0.15) is 5.82 Å². The van der Waals surface area contributed by atoms with Crippen LogP contribution in [0, 0.1) is 5.82 Å². The number of pyridine rings is 1. The molecule has 0 aliphatic carbocycles. The minimum Gasteiger partial charge on any atom is -0.338 e. The molecule has 28 heavy (non-hydrogen) atoms. The average molecular weight is 375 g/mol. The number of nitrogens with one attached hydrogen (secondary N) is 1. The summed E-state index contributed by atoms with van der Waals surface area (Å²) >= 11 is 0. The third-order valence-corrected chi connectivity index (χ3v) is 5.10. The molecule has 2 amide bonds. The van der Waals surface area contributed by atoms with Crippen molar-refractivity contribution in [1.82, 2.24) is 15.2 Å². The van der Waals surface area contributed by atoms with Crippen LogP contribution in [0.4, 0.5) is 9.18 Å². The molecule has 4 nitrogen and oxygen atoms in total. The Morgan fingerprint density at radius 2 is 1.93 bits per heavy atom. The van der Waals surface area contributed by atoms with Crippen LogP contribution in [0.2, 0.25) is 0 Å². The molecule has 2 heterocycles. The number of amides is 2. The molecule has 5 heteroatoms. The van der Waals surface area contributed by atoms with Crippen LogP contribution in [-0.2, 0) is 6.42 Å². The Labute approximate surface area is 163 Å². The largest absolute Gasteiger partial charge is 0.338 e. The van der Waals surface area contributed by atoms with E-state index in [1.165, 1.54) is 12.1 Å². The summed E-state index contributed by atoms with van der Waals surface area (Å²) in [4.78, 5) is 18.7. The Morgan fingerprint density at radius 1 is 1.11 bits per heavy atom. The zero-order chi connectivity index (χ0) is 19.3. The fraction of sp³-hybridized carbons (Fsp3) is 0.217. The van der Waals surface area contributed by atoms with E-state index in [4.69, 9.17) is 0 Å². The van der Waals surface area contributed by atoms with E-state index in [-0.39, 0.29) is 11.8 Å². The second kappa shape index (κ2) is 8.21. The van der Waals surface area contributed by atoms with Crippen molar-refractivity contribution >= 4 is 22.5 Å². The normalized spacial score (nSPS) is 14.0. The van der Waals surface area contributed by atoms with Crippen molar-refractivity contribution in [2.24, 2.45) is 0 Å². The maximum Gasteiger partial charge on any atom is 0.317 e. The highest BCUT2D eigenvalue weighted by atomic mass is 19.1. The number of carbonyl (C=O) groups excluding carboxylic acids is 1. The van der Waals surface area contributed by atoms with Crippen LogP contribution in [0.3, 0.4) is 0 Å². The van der Waals surface area contributed by atoms with Gasteiger partial charge in [-0.2, -0.15) is 0 Å². The summed E-state index contributed by atoms with van der Waals surface area (Å²) in [5.74, 6) is -0.234. The molecule has 1 aromatic heterocycles. The van der Waals surface area contributed by atoms with Crippen molar-refractivity contribution in [3.05, 3.63) is 83.8 Å². The molecule has 1 aliphatic rings. The molecule has 0 saturated heterocycles. The highest BCUT2D eigenvalue weighted by molar-refractivity contribution is 5.81. The minimum atomic E-state index is -0.234. The Hall–Kier alpha value is -3.21. The smallest absolute Gasteiger partial charge is 0.317 e. The van der Waals surface area contributed by atoms with Gasteiger partial charge in [0.05, 0.1) is 5.52 Å². The number of urea groups is 1. The number of carbonyl (C=O) groups is 1. The van der Waals surface area contributed by atoms with E-state index in [1.54, 1.807) is 23.2 Å². The predicted molar refractivity (Wildman–Crippen MR) is 109 cm³/mol. The number of hydrogen-bond donors (Lipinski definition) is 1. The zero-order valence-corrected chi connectivity index (χ0v) is 15.6. The van der Waals surface area contributed by atoms with Crippen LogP contribution in [0.1, 0.15) is 17.5 Å². The third-order valence-electron chi connectivity index (χ3n) is 5.10. The number of para-hydroxylation sites is 1. The van der Waals surface area contributed by atoms with E-state index in [1.807, 2.05) is 30.3 Å². The van der Waals surface area contributed by atoms with E-state index in [0.29, 0.717) is 19.6 Å². The standard InChI is InChI=1S/C23H22FN3O/c24-21-8-6-17(7-9-21)18-11-15-27(16-12-18)23(28)26-14-10-20-4-1-3-19-5-2-13-25-22(19)20/h1-9,11,13H,10,12,14-16H2,(H,26,28). The molecule has 4 rings (SSSR count). The van der Waals surface area contributed by atoms with Crippen molar-refractivity contribution in [3.63, 3.8) is 0 Å². The lowest BCUT2D eigenvalue weighted by Crippen LogP contribution is -2.42. The molecule has 1 N–H and O–H groups in total. The fourth-order valence-electron chi connectivity index (χ4n) is 3.56. The van der Waals surface area contributed by atoms with E-state index >= 15 is 0 Å². The number of nitrogens with zero attached hydrogens (tertiary/aromatic N) is 2. The quantitative estimate of drug-likeness (QED) is 0.734. The first-order valence-corrected chi connectivity index (χ1v) is 9.51. The van der Waals surface area contributed by atoms with Gasteiger partial charge in [-0.1, -0.05) is 42.5 Å². The van der Waals surface area contributed by atoms with Crippen LogP contribution in [-0.4, -0.2) is 35.5 Å². The van der Waals surface area contributed by atoms with Gasteiger partial charge in [-0.25, -0.2) is 9.18 Å². The van der Waals surface area contributed by atoms with Gasteiger partial charge in [0.2, 0.25) is 0 Å². The van der Waals surface area contributed by atoms with Crippen molar-refractivity contribution in [2.75, 3.05) is 19.6 Å². The summed E-state index contributed by atoms with van der Waals surface area (Å²) in [6.45, 7) is 1.79. The predicted octanol–water partition coefficient (Wildman–Crippen LogP) is 4.42. The van der Waals surface area contributed by atoms with Crippen LogP contribution >= 0.6 is 0 Å². The molecule has 0 atom stereocenters. The van der Waals surface area contributed by atoms with Gasteiger partial charge < -0.3 is 10.2 Å². The van der Waals surface area contributed by atoms with E-state index in [0.717, 1.165) is 40.4 Å². The summed E-state index contributed by atoms with van der Waals surface area (Å²) < 4.78 is 13.1. The summed E-state index contributed by atoms with van der Waals surface area (Å²) in [6.07, 6.45) is 5.35. The molecule has 2 aromatic carbocycles. The Balaban J connectivity index is 1.32. The van der Waals surface area contributed by atoms with Crippen LogP contribution in [0.5, 0.6) is 0 Å². The first kappa shape index (κ1) is 18.2. The average Bonchev–Trinajstić information content (AvgIpc) is 2.74. The maximum atomic E-state index is 13.1. The summed E-state index contributed by atoms with van der Waals surface area (Å²) in [7, 11) is 0. The van der Waals surface area contributed by atoms with Gasteiger partial charge in [-0.15, -0.1) is 0 Å². The Bertz CT molecular complexity index is 1010. The van der Waals surface area contributed by atoms with Crippen molar-refractivity contribution < 1.29 is 9.18 Å². The minimum absolute atomic E-state index is 0.0531. The molecular weight excluding hydrogens is 353 g/mol. The van der Waals surface area contributed by atoms with Crippen LogP contribution in [0.25, 0.3) is 16.5 Å². The van der Waals surface area contributed by atoms with Crippen molar-refractivity contribution in [1.29, 1.82) is 0 Å². The number of fused-ring (bicyclic) bond motifs is 1. The molecule has 142 valence electrons. The Kier molecular flexibility index (Phi) is 5.33. The van der Waals surface area contributed by atoms with Gasteiger partial charge >= 0.3 is 6.03 Å². The van der Waals surface area contributed by atoms with E-state index in [9.17, 15) is 9.18 Å². The van der Waals surface area contributed by atoms with Gasteiger partial charge in [0.15, 0.2) is 0 Å². The zero-order valence-electron chi connectivity index (χ0n) is 15.6. The van der Waals surface area contributed by atoms with Gasteiger partial charge in [0.25, 0.3) is 0 Å². The van der Waals surface area contributed by atoms with E-state index in [2.05, 4.69) is 16.4 Å². The summed E-state index contributed by atoms with van der Waals surface area (Å²) in [6, 6.07) is 16.6. The molecule has 0 saturated carbocycles. The fourth-order valence-corrected chi connectivity index (χ4v) is 3.56. The van der Waals surface area contributed by atoms with Gasteiger partial charge in [-0.05, 0) is 47.7 Å². The van der Waals surface area contributed by atoms with Crippen LogP contribution in [0.15, 0.2) is 66.9 Å². The molecule has 0 radical (unpaired) electrons. The van der Waals surface area contributed by atoms with Crippen LogP contribution < -0.4 is 5.32 Å². The second-order valence-electron chi connectivity index (χ2n) is 6.91. The first-order chi connectivity index (χ1) is 13.7. The first-order valence-electron chi connectivity index (χ1n) is 9.51. The molecule has 0 bridgehead atoms. The number of benzene rings is 2. The summed E-state index contributed by atoms with van der Waals surface area (Å²) in [5.41, 5.74) is 4.30. The van der Waals surface area contributed by atoms with E-state index < -0.39 is 0 Å². The molecular formula is C23H22FN3O. The number of hydrogen-bond acceptors (Lipinski definition) is 2. The monoisotopic (exact) mass is 375 g/mol. The topological polar surface area (TPSA) is 45.2 Å². The summed E-state index contributed by atoms with van der Waals surface area (Å²) in [5, 5.41) is 4.12. The Morgan fingerprint density at radius 3 is 2.71 bits per heavy atom. The maximum absolute atomic E-state index is 13.1. The van der Waals surface area contributed by atoms with Crippen molar-refractivity contribution in [2.45, 2.75) is 12.8 Å². The lowest BCUT2D eigenvalue weighted by molar-refractivity contribution is 0.203. The SMILES string of the molecule is O=C(NCCc1cccc2cccnc12)N1CC=C(c2ccc(F)cc2)CC1. The van der Waals surface area contributed by atoms with Gasteiger partial charge in [0, 0.05) is 31.2 Å². The number of halogens is 1. The molecule has 3 aromatic rings. The number of rotatable bonds is 4. The van der Waals surface area contributed by atoms with Crippen molar-refractivity contribution in [3.8, 4) is 0 Å². The molecule has 0 unspecified atom stereocenters. The lowest BCUT2D eigenvalue weighted by Gasteiger charge is -2.27. The molecule has 1 aliphatic heterocycles. The molecule has 0 fully saturated rings. The molecule has 0 spiro atoms. The lowest BCUT2D eigenvalue weighted by atomic mass is 10.00. The second-order valence-corrected chi connectivity index (χ2v) is 6.91.